The van der Waals surface area contributed by atoms with Gasteiger partial charge in [-0.15, -0.1) is 0 Å². The van der Waals surface area contributed by atoms with Crippen molar-refractivity contribution in [3.63, 3.8) is 0 Å². The summed E-state index contributed by atoms with van der Waals surface area (Å²) in [6, 6.07) is 1.24. The smallest absolute Gasteiger partial charge is 0.373 e. The molecule has 1 amide bonds. The summed E-state index contributed by atoms with van der Waals surface area (Å²) in [7, 11) is 1.44. The van der Waals surface area contributed by atoms with E-state index in [2.05, 4.69) is 25.9 Å². The van der Waals surface area contributed by atoms with Gasteiger partial charge in [0.15, 0.2) is 0 Å². The molecule has 20 heavy (non-hydrogen) atoms. The number of carbonyl (C=O) groups is 1. The van der Waals surface area contributed by atoms with Crippen LogP contribution < -0.4 is 16.0 Å². The van der Waals surface area contributed by atoms with Crippen molar-refractivity contribution in [2.24, 2.45) is 0 Å². The summed E-state index contributed by atoms with van der Waals surface area (Å²) in [5.41, 5.74) is 0. The normalized spacial score (nSPS) is 11.3. The fourth-order valence-electron chi connectivity index (χ4n) is 1.34. The summed E-state index contributed by atoms with van der Waals surface area (Å²) in [6.45, 7) is 3.39. The molecule has 112 valence electrons. The molecule has 0 saturated carbocycles. The largest absolute Gasteiger partial charge is 0.451 e. The lowest BCUT2D eigenvalue weighted by atomic mass is 10.4. The minimum Gasteiger partial charge on any atom is -0.373 e. The molecule has 0 radical (unpaired) electrons. The molecule has 1 rings (SSSR count). The standard InChI is InChI=1S/C11H16F3N5O/c1-6(2)17-9(20)5-16-8-4-7(15-3)18-10(19-8)11(12,13)14/h4,6H,5H2,1-3H3,(H,17,20)(H2,15,16,18,19). The van der Waals surface area contributed by atoms with E-state index in [0.717, 1.165) is 0 Å². The minimum atomic E-state index is -4.65. The molecular weight excluding hydrogens is 275 g/mol. The van der Waals surface area contributed by atoms with Crippen molar-refractivity contribution in [2.75, 3.05) is 24.2 Å². The maximum Gasteiger partial charge on any atom is 0.451 e. The molecular formula is C11H16F3N5O. The molecule has 6 nitrogen and oxygen atoms in total. The summed E-state index contributed by atoms with van der Waals surface area (Å²) >= 11 is 0. The van der Waals surface area contributed by atoms with Crippen LogP contribution in [0.1, 0.15) is 19.7 Å². The number of anilines is 2. The van der Waals surface area contributed by atoms with Gasteiger partial charge >= 0.3 is 6.18 Å². The van der Waals surface area contributed by atoms with Crippen LogP contribution in [-0.2, 0) is 11.0 Å². The van der Waals surface area contributed by atoms with Crippen LogP contribution in [0.2, 0.25) is 0 Å². The predicted molar refractivity (Wildman–Crippen MR) is 68.3 cm³/mol. The molecule has 0 saturated heterocycles. The van der Waals surface area contributed by atoms with Crippen molar-refractivity contribution < 1.29 is 18.0 Å². The number of nitrogens with zero attached hydrogens (tertiary/aromatic N) is 2. The van der Waals surface area contributed by atoms with Crippen molar-refractivity contribution in [3.05, 3.63) is 11.9 Å². The van der Waals surface area contributed by atoms with Gasteiger partial charge in [0.1, 0.15) is 11.6 Å². The van der Waals surface area contributed by atoms with E-state index in [-0.39, 0.29) is 30.1 Å². The van der Waals surface area contributed by atoms with Crippen LogP contribution in [0.15, 0.2) is 6.07 Å². The predicted octanol–water partition coefficient (Wildman–Crippen LogP) is 1.47. The maximum absolute atomic E-state index is 12.6. The Bertz CT molecular complexity index is 476. The topological polar surface area (TPSA) is 78.9 Å². The molecule has 1 aromatic heterocycles. The number of carbonyl (C=O) groups excluding carboxylic acids is 1. The second-order valence-corrected chi connectivity index (χ2v) is 4.29. The molecule has 1 heterocycles. The van der Waals surface area contributed by atoms with Crippen molar-refractivity contribution in [1.82, 2.24) is 15.3 Å². The number of halogens is 3. The average molecular weight is 291 g/mol. The number of amides is 1. The number of alkyl halides is 3. The Balaban J connectivity index is 2.82. The van der Waals surface area contributed by atoms with Gasteiger partial charge in [-0.1, -0.05) is 0 Å². The molecule has 3 N–H and O–H groups in total. The van der Waals surface area contributed by atoms with Crippen LogP contribution in [0.4, 0.5) is 24.8 Å². The van der Waals surface area contributed by atoms with Crippen molar-refractivity contribution in [2.45, 2.75) is 26.1 Å². The lowest BCUT2D eigenvalue weighted by molar-refractivity contribution is -0.144. The molecule has 0 aliphatic carbocycles. The van der Waals surface area contributed by atoms with Gasteiger partial charge in [-0.25, -0.2) is 9.97 Å². The third kappa shape index (κ3) is 4.90. The summed E-state index contributed by atoms with van der Waals surface area (Å²) in [6.07, 6.45) is -4.65. The van der Waals surface area contributed by atoms with Crippen LogP contribution in [0.5, 0.6) is 0 Å². The number of hydrogen-bond acceptors (Lipinski definition) is 5. The third-order valence-electron chi connectivity index (χ3n) is 2.12. The van der Waals surface area contributed by atoms with Gasteiger partial charge in [-0.3, -0.25) is 4.79 Å². The van der Waals surface area contributed by atoms with Crippen LogP contribution in [0, 0.1) is 0 Å². The Morgan fingerprint density at radius 2 is 1.90 bits per heavy atom. The van der Waals surface area contributed by atoms with Gasteiger partial charge in [0.25, 0.3) is 0 Å². The van der Waals surface area contributed by atoms with Crippen molar-refractivity contribution >= 4 is 17.5 Å². The number of aromatic nitrogens is 2. The monoisotopic (exact) mass is 291 g/mol. The van der Waals surface area contributed by atoms with Gasteiger partial charge in [0.2, 0.25) is 11.7 Å². The quantitative estimate of drug-likeness (QED) is 0.765. The second kappa shape index (κ2) is 6.40. The van der Waals surface area contributed by atoms with Gasteiger partial charge in [-0.05, 0) is 13.8 Å². The number of rotatable bonds is 5. The first-order chi connectivity index (χ1) is 9.22. The Morgan fingerprint density at radius 1 is 1.30 bits per heavy atom. The SMILES string of the molecule is CNc1cc(NCC(=O)NC(C)C)nc(C(F)(F)F)n1. The zero-order chi connectivity index (χ0) is 15.3. The molecule has 0 unspecified atom stereocenters. The lowest BCUT2D eigenvalue weighted by Gasteiger charge is -2.12. The minimum absolute atomic E-state index is 0.0130. The van der Waals surface area contributed by atoms with E-state index >= 15 is 0 Å². The van der Waals surface area contributed by atoms with E-state index in [0.29, 0.717) is 0 Å². The summed E-state index contributed by atoms with van der Waals surface area (Å²) in [4.78, 5) is 18.1. The summed E-state index contributed by atoms with van der Waals surface area (Å²) < 4.78 is 37.8. The van der Waals surface area contributed by atoms with E-state index in [1.165, 1.54) is 13.1 Å². The first-order valence-corrected chi connectivity index (χ1v) is 5.89. The van der Waals surface area contributed by atoms with Crippen LogP contribution in [0.25, 0.3) is 0 Å². The zero-order valence-electron chi connectivity index (χ0n) is 11.3. The highest BCUT2D eigenvalue weighted by Gasteiger charge is 2.35. The van der Waals surface area contributed by atoms with E-state index < -0.39 is 12.0 Å². The molecule has 0 aliphatic heterocycles. The second-order valence-electron chi connectivity index (χ2n) is 4.29. The number of nitrogens with one attached hydrogen (secondary N) is 3. The lowest BCUT2D eigenvalue weighted by Crippen LogP contribution is -2.35. The molecule has 0 aliphatic rings. The summed E-state index contributed by atoms with van der Waals surface area (Å²) in [5, 5.41) is 7.65. The zero-order valence-corrected chi connectivity index (χ0v) is 11.3. The Hall–Kier alpha value is -2.06. The first-order valence-electron chi connectivity index (χ1n) is 5.89. The molecule has 0 spiro atoms. The van der Waals surface area contributed by atoms with Crippen LogP contribution in [0.3, 0.4) is 0 Å². The van der Waals surface area contributed by atoms with Gasteiger partial charge < -0.3 is 16.0 Å². The highest BCUT2D eigenvalue weighted by molar-refractivity contribution is 5.80. The molecule has 9 heteroatoms. The number of hydrogen-bond donors (Lipinski definition) is 3. The van der Waals surface area contributed by atoms with Crippen molar-refractivity contribution in [3.8, 4) is 0 Å². The van der Waals surface area contributed by atoms with Crippen LogP contribution in [-0.4, -0.2) is 35.5 Å². The Morgan fingerprint density at radius 3 is 2.40 bits per heavy atom. The molecule has 0 aromatic carbocycles. The molecule has 1 aromatic rings. The Kier molecular flexibility index (Phi) is 5.12. The molecule has 0 fully saturated rings. The molecule has 0 atom stereocenters. The van der Waals surface area contributed by atoms with Gasteiger partial charge in [-0.2, -0.15) is 13.2 Å². The summed E-state index contributed by atoms with van der Waals surface area (Å²) in [5.74, 6) is -1.66. The van der Waals surface area contributed by atoms with E-state index in [9.17, 15) is 18.0 Å². The fraction of sp³-hybridized carbons (Fsp3) is 0.545. The first kappa shape index (κ1) is 16.0. The van der Waals surface area contributed by atoms with Gasteiger partial charge in [0, 0.05) is 19.2 Å². The Labute approximate surface area is 114 Å². The van der Waals surface area contributed by atoms with Crippen LogP contribution >= 0.6 is 0 Å². The third-order valence-corrected chi connectivity index (χ3v) is 2.12. The maximum atomic E-state index is 12.6. The average Bonchev–Trinajstić information content (AvgIpc) is 2.34. The molecule has 0 bridgehead atoms. The van der Waals surface area contributed by atoms with Gasteiger partial charge in [0.05, 0.1) is 6.54 Å². The fourth-order valence-corrected chi connectivity index (χ4v) is 1.34. The van der Waals surface area contributed by atoms with E-state index in [1.54, 1.807) is 13.8 Å². The highest BCUT2D eigenvalue weighted by atomic mass is 19.4. The van der Waals surface area contributed by atoms with E-state index in [4.69, 9.17) is 0 Å². The van der Waals surface area contributed by atoms with E-state index in [1.807, 2.05) is 0 Å². The highest BCUT2D eigenvalue weighted by Crippen LogP contribution is 2.28. The van der Waals surface area contributed by atoms with Crippen molar-refractivity contribution in [1.29, 1.82) is 0 Å².